The van der Waals surface area contributed by atoms with Crippen molar-refractivity contribution in [3.63, 3.8) is 0 Å². The van der Waals surface area contributed by atoms with E-state index < -0.39 is 9.05 Å². The Morgan fingerprint density at radius 2 is 1.75 bits per heavy atom. The SMILES string of the molecule is CCO[Si](O)(O)O.[SiH4]. The summed E-state index contributed by atoms with van der Waals surface area (Å²) in [4.78, 5) is 24.1. The fourth-order valence-electron chi connectivity index (χ4n) is 0.194. The Labute approximate surface area is 53.2 Å². The van der Waals surface area contributed by atoms with Crippen LogP contribution in [0.3, 0.4) is 0 Å². The van der Waals surface area contributed by atoms with E-state index in [-0.39, 0.29) is 17.6 Å². The molecule has 0 aliphatic heterocycles. The van der Waals surface area contributed by atoms with Crippen LogP contribution in [0.5, 0.6) is 0 Å². The molecule has 0 aromatic heterocycles. The molecule has 0 rings (SSSR count). The standard InChI is InChI=1S/C2H8O4Si.H4Si/c1-2-6-7(3,4)5;/h3-5H,2H2,1H3;1H4. The molecule has 0 aromatic carbocycles. The van der Waals surface area contributed by atoms with E-state index in [0.717, 1.165) is 0 Å². The van der Waals surface area contributed by atoms with Crippen molar-refractivity contribution in [1.29, 1.82) is 0 Å². The van der Waals surface area contributed by atoms with Gasteiger partial charge in [-0.05, 0) is 17.9 Å². The van der Waals surface area contributed by atoms with Crippen LogP contribution in [0.1, 0.15) is 6.92 Å². The van der Waals surface area contributed by atoms with Crippen LogP contribution in [-0.2, 0) is 4.43 Å². The van der Waals surface area contributed by atoms with Crippen LogP contribution in [0.15, 0.2) is 0 Å². The maximum absolute atomic E-state index is 8.05. The zero-order valence-electron chi connectivity index (χ0n) is 3.96. The first kappa shape index (κ1) is 11.1. The average Bonchev–Trinajstić information content (AvgIpc) is 1.30. The van der Waals surface area contributed by atoms with Crippen LogP contribution < -0.4 is 0 Å². The van der Waals surface area contributed by atoms with Gasteiger partial charge in [-0.3, -0.25) is 0 Å². The molecular formula is C2H12O4Si2. The van der Waals surface area contributed by atoms with Gasteiger partial charge < -0.3 is 18.8 Å². The quantitative estimate of drug-likeness (QED) is 0.372. The van der Waals surface area contributed by atoms with E-state index in [1.807, 2.05) is 0 Å². The van der Waals surface area contributed by atoms with Crippen LogP contribution in [0.25, 0.3) is 0 Å². The molecule has 0 heterocycles. The molecule has 6 heteroatoms. The Bertz CT molecular complexity index is 50.5. The number of hydrogen-bond donors (Lipinski definition) is 3. The second kappa shape index (κ2) is 4.18. The molecule has 0 amide bonds. The average molecular weight is 156 g/mol. The first-order valence-corrected chi connectivity index (χ1v) is 3.62. The van der Waals surface area contributed by atoms with Crippen molar-refractivity contribution in [2.24, 2.45) is 0 Å². The third kappa shape index (κ3) is 9.55. The summed E-state index contributed by atoms with van der Waals surface area (Å²) >= 11 is 0. The minimum absolute atomic E-state index is 0. The molecule has 8 heavy (non-hydrogen) atoms. The molecule has 0 aliphatic carbocycles. The molecule has 4 nitrogen and oxygen atoms in total. The van der Waals surface area contributed by atoms with Gasteiger partial charge in [0.15, 0.2) is 0 Å². The molecule has 0 atom stereocenters. The molecule has 0 radical (unpaired) electrons. The van der Waals surface area contributed by atoms with Gasteiger partial charge in [0, 0.05) is 6.61 Å². The molecule has 0 aromatic rings. The summed E-state index contributed by atoms with van der Waals surface area (Å²) in [6.45, 7) is 1.68. The Morgan fingerprint density at radius 1 is 1.38 bits per heavy atom. The van der Waals surface area contributed by atoms with E-state index in [1.165, 1.54) is 0 Å². The van der Waals surface area contributed by atoms with E-state index in [1.54, 1.807) is 6.92 Å². The predicted octanol–water partition coefficient (Wildman–Crippen LogP) is -3.02. The summed E-state index contributed by atoms with van der Waals surface area (Å²) in [6.07, 6.45) is 0. The van der Waals surface area contributed by atoms with Gasteiger partial charge in [0.25, 0.3) is 0 Å². The lowest BCUT2D eigenvalue weighted by Crippen LogP contribution is -2.38. The highest BCUT2D eigenvalue weighted by molar-refractivity contribution is 6.48. The van der Waals surface area contributed by atoms with Gasteiger partial charge in [0.1, 0.15) is 0 Å². The van der Waals surface area contributed by atoms with Crippen molar-refractivity contribution >= 4 is 20.0 Å². The lowest BCUT2D eigenvalue weighted by molar-refractivity contribution is 0.0687. The zero-order chi connectivity index (χ0) is 5.91. The second-order valence-electron chi connectivity index (χ2n) is 1.01. The first-order valence-electron chi connectivity index (χ1n) is 1.87. The Morgan fingerprint density at radius 3 is 1.75 bits per heavy atom. The first-order chi connectivity index (χ1) is 3.06. The van der Waals surface area contributed by atoms with Gasteiger partial charge in [-0.15, -0.1) is 0 Å². The topological polar surface area (TPSA) is 69.9 Å². The zero-order valence-corrected chi connectivity index (χ0v) is 4.96. The maximum atomic E-state index is 8.05. The summed E-state index contributed by atoms with van der Waals surface area (Å²) in [5, 5.41) is 0. The summed E-state index contributed by atoms with van der Waals surface area (Å²) in [5.74, 6) is 0. The number of hydrogen-bond acceptors (Lipinski definition) is 4. The Hall–Kier alpha value is 0.274. The lowest BCUT2D eigenvalue weighted by Gasteiger charge is -2.05. The number of rotatable bonds is 2. The van der Waals surface area contributed by atoms with Crippen molar-refractivity contribution < 1.29 is 18.8 Å². The molecule has 52 valence electrons. The monoisotopic (exact) mass is 156 g/mol. The molecule has 3 N–H and O–H groups in total. The highest BCUT2D eigenvalue weighted by Crippen LogP contribution is 1.85. The third-order valence-electron chi connectivity index (χ3n) is 0.338. The van der Waals surface area contributed by atoms with Crippen molar-refractivity contribution in [3.8, 4) is 0 Å². The highest BCUT2D eigenvalue weighted by Gasteiger charge is 2.28. The predicted molar refractivity (Wildman–Crippen MR) is 35.4 cm³/mol. The fraction of sp³-hybridized carbons (Fsp3) is 1.00. The Kier molecular flexibility index (Phi) is 5.81. The Balaban J connectivity index is 0. The van der Waals surface area contributed by atoms with Crippen LogP contribution in [-0.4, -0.2) is 41.0 Å². The maximum Gasteiger partial charge on any atom is 0.671 e. The van der Waals surface area contributed by atoms with Crippen molar-refractivity contribution in [2.75, 3.05) is 6.61 Å². The van der Waals surface area contributed by atoms with Crippen LogP contribution in [0, 0.1) is 0 Å². The smallest absolute Gasteiger partial charge is 0.368 e. The molecule has 0 saturated heterocycles. The minimum atomic E-state index is -4.16. The highest BCUT2D eigenvalue weighted by atomic mass is 28.4. The van der Waals surface area contributed by atoms with E-state index in [4.69, 9.17) is 14.4 Å². The lowest BCUT2D eigenvalue weighted by atomic mass is 10.9. The molecule has 0 bridgehead atoms. The summed E-state index contributed by atoms with van der Waals surface area (Å²) in [5.41, 5.74) is 0. The van der Waals surface area contributed by atoms with Crippen molar-refractivity contribution in [3.05, 3.63) is 0 Å². The van der Waals surface area contributed by atoms with Crippen LogP contribution >= 0.6 is 0 Å². The van der Waals surface area contributed by atoms with E-state index in [0.29, 0.717) is 0 Å². The van der Waals surface area contributed by atoms with Gasteiger partial charge in [-0.1, -0.05) is 0 Å². The third-order valence-corrected chi connectivity index (χ3v) is 1.01. The van der Waals surface area contributed by atoms with E-state index in [9.17, 15) is 0 Å². The summed E-state index contributed by atoms with van der Waals surface area (Å²) in [7, 11) is -4.16. The van der Waals surface area contributed by atoms with E-state index >= 15 is 0 Å². The molecular weight excluding hydrogens is 144 g/mol. The van der Waals surface area contributed by atoms with Gasteiger partial charge >= 0.3 is 9.05 Å². The van der Waals surface area contributed by atoms with Crippen molar-refractivity contribution in [1.82, 2.24) is 0 Å². The molecule has 0 aliphatic rings. The molecule has 0 unspecified atom stereocenters. The van der Waals surface area contributed by atoms with E-state index in [2.05, 4.69) is 4.43 Å². The van der Waals surface area contributed by atoms with Crippen LogP contribution in [0.4, 0.5) is 0 Å². The molecule has 0 spiro atoms. The van der Waals surface area contributed by atoms with Gasteiger partial charge in [-0.25, -0.2) is 0 Å². The molecule has 0 saturated carbocycles. The molecule has 0 fully saturated rings. The minimum Gasteiger partial charge on any atom is -0.368 e. The fourth-order valence-corrected chi connectivity index (χ4v) is 0.581. The summed E-state index contributed by atoms with van der Waals surface area (Å²) in [6, 6.07) is 0. The van der Waals surface area contributed by atoms with Gasteiger partial charge in [0.05, 0.1) is 0 Å². The van der Waals surface area contributed by atoms with Gasteiger partial charge in [-0.2, -0.15) is 0 Å². The van der Waals surface area contributed by atoms with Gasteiger partial charge in [0.2, 0.25) is 0 Å². The second-order valence-corrected chi connectivity index (χ2v) is 2.44. The largest absolute Gasteiger partial charge is 0.671 e. The van der Waals surface area contributed by atoms with Crippen LogP contribution in [0.2, 0.25) is 0 Å². The van der Waals surface area contributed by atoms with Crippen molar-refractivity contribution in [2.45, 2.75) is 6.92 Å². The normalized spacial score (nSPS) is 10.5. The summed E-state index contributed by atoms with van der Waals surface area (Å²) < 4.78 is 4.03.